The van der Waals surface area contributed by atoms with Gasteiger partial charge in [0.1, 0.15) is 56.3 Å². The van der Waals surface area contributed by atoms with Gasteiger partial charge in [-0.25, -0.2) is 0 Å². The van der Waals surface area contributed by atoms with Gasteiger partial charge < -0.3 is 23.7 Å². The van der Waals surface area contributed by atoms with E-state index in [0.29, 0.717) is 26.4 Å². The second-order valence-corrected chi connectivity index (χ2v) is 10.7. The van der Waals surface area contributed by atoms with E-state index in [1.807, 2.05) is 13.8 Å². The predicted octanol–water partition coefficient (Wildman–Crippen LogP) is 3.08. The number of rotatable bonds is 13. The Morgan fingerprint density at radius 1 is 0.781 bits per heavy atom. The summed E-state index contributed by atoms with van der Waals surface area (Å²) in [6.07, 6.45) is 10.2. The summed E-state index contributed by atoms with van der Waals surface area (Å²) in [5.41, 5.74) is 0. The van der Waals surface area contributed by atoms with Gasteiger partial charge >= 0.3 is 16.0 Å². The monoisotopic (exact) mass is 496 g/mol. The second kappa shape index (κ2) is 13.2. The molecule has 0 aromatic carbocycles. The molecule has 3 saturated heterocycles. The highest BCUT2D eigenvalue weighted by molar-refractivity contribution is 7.45. The number of hydrogen-bond donors (Lipinski definition) is 0. The summed E-state index contributed by atoms with van der Waals surface area (Å²) in [5, 5.41) is 0. The van der Waals surface area contributed by atoms with Crippen molar-refractivity contribution in [3.8, 4) is 0 Å². The van der Waals surface area contributed by atoms with Crippen LogP contribution >= 0.6 is 16.0 Å². The zero-order valence-electron chi connectivity index (χ0n) is 19.6. The Kier molecular flexibility index (Phi) is 10.9. The Labute approximate surface area is 193 Å². The van der Waals surface area contributed by atoms with Gasteiger partial charge in [-0.05, 0) is 13.8 Å². The summed E-state index contributed by atoms with van der Waals surface area (Å²) < 4.78 is 52.0. The molecular formula is C21H38O9P2+2. The quantitative estimate of drug-likeness (QED) is 0.357. The van der Waals surface area contributed by atoms with Gasteiger partial charge in [0.15, 0.2) is 0 Å². The maximum Gasteiger partial charge on any atom is 0.423 e. The van der Waals surface area contributed by atoms with Crippen molar-refractivity contribution >= 4 is 28.6 Å². The highest BCUT2D eigenvalue weighted by Gasteiger charge is 2.42. The molecule has 0 radical (unpaired) electrons. The minimum absolute atomic E-state index is 0.0365. The SMILES string of the molecule is C=[P+](OC[C@H]1O[C@@H](C)CC1O[P+](=C)OC[C@H]1O[C@@H](C)CC1OC)OC1CCO[C@@H]1COC. The summed E-state index contributed by atoms with van der Waals surface area (Å²) in [6, 6.07) is 0. The van der Waals surface area contributed by atoms with Crippen LogP contribution in [-0.2, 0) is 41.8 Å². The Morgan fingerprint density at radius 3 is 1.94 bits per heavy atom. The van der Waals surface area contributed by atoms with Gasteiger partial charge in [0.2, 0.25) is 0 Å². The lowest BCUT2D eigenvalue weighted by atomic mass is 10.1. The summed E-state index contributed by atoms with van der Waals surface area (Å²) >= 11 is 0. The van der Waals surface area contributed by atoms with Crippen LogP contribution in [0.2, 0.25) is 0 Å². The zero-order valence-corrected chi connectivity index (χ0v) is 21.3. The molecule has 184 valence electrons. The summed E-state index contributed by atoms with van der Waals surface area (Å²) in [7, 11) is 0.701. The van der Waals surface area contributed by atoms with Crippen molar-refractivity contribution in [1.29, 1.82) is 0 Å². The van der Waals surface area contributed by atoms with E-state index in [2.05, 4.69) is 12.6 Å². The Hall–Kier alpha value is -0.0200. The highest BCUT2D eigenvalue weighted by Crippen LogP contribution is 2.37. The molecular weight excluding hydrogens is 458 g/mol. The molecule has 9 nitrogen and oxygen atoms in total. The molecule has 0 saturated carbocycles. The first-order valence-electron chi connectivity index (χ1n) is 11.1. The maximum atomic E-state index is 6.10. The van der Waals surface area contributed by atoms with Crippen LogP contribution in [-0.4, -0.2) is 102 Å². The van der Waals surface area contributed by atoms with E-state index in [-0.39, 0.29) is 48.8 Å². The molecule has 0 N–H and O–H groups in total. The van der Waals surface area contributed by atoms with Crippen LogP contribution < -0.4 is 0 Å². The standard InChI is InChI=1S/C21H38O9P2/c1-14-9-17(23-4)20(27-14)12-25-32(6)30-18-10-15(2)28-21(18)13-26-31(5)29-16-7-8-24-19(16)11-22-3/h14-21H,5-13H2,1-4H3/q+2/t14-,15-,16?,17?,18?,19+,20+,21+/m0/s1. The topological polar surface area (TPSA) is 83.1 Å². The molecule has 0 aromatic heterocycles. The third kappa shape index (κ3) is 7.76. The zero-order chi connectivity index (χ0) is 23.1. The number of methoxy groups -OCH3 is 2. The van der Waals surface area contributed by atoms with Gasteiger partial charge in [-0.2, -0.15) is 9.05 Å². The van der Waals surface area contributed by atoms with Crippen molar-refractivity contribution in [2.45, 2.75) is 81.9 Å². The summed E-state index contributed by atoms with van der Waals surface area (Å²) in [5.74, 6) is 0. The second-order valence-electron chi connectivity index (χ2n) is 8.41. The van der Waals surface area contributed by atoms with Crippen LogP contribution in [0, 0.1) is 0 Å². The van der Waals surface area contributed by atoms with E-state index < -0.39 is 16.0 Å². The van der Waals surface area contributed by atoms with Crippen LogP contribution in [0.4, 0.5) is 0 Å². The molecule has 5 unspecified atom stereocenters. The lowest BCUT2D eigenvalue weighted by Gasteiger charge is -2.16. The van der Waals surface area contributed by atoms with E-state index in [9.17, 15) is 0 Å². The van der Waals surface area contributed by atoms with Crippen LogP contribution in [0.3, 0.4) is 0 Å². The smallest absolute Gasteiger partial charge is 0.382 e. The first kappa shape index (κ1) is 26.6. The molecule has 3 aliphatic heterocycles. The Bertz CT molecular complexity index is 622. The Balaban J connectivity index is 1.40. The van der Waals surface area contributed by atoms with Crippen molar-refractivity contribution in [3.05, 3.63) is 0 Å². The van der Waals surface area contributed by atoms with Gasteiger partial charge in [-0.3, -0.25) is 0 Å². The van der Waals surface area contributed by atoms with E-state index in [1.165, 1.54) is 0 Å². The lowest BCUT2D eigenvalue weighted by molar-refractivity contribution is -0.0287. The normalized spacial score (nSPS) is 38.4. The van der Waals surface area contributed by atoms with Gasteiger partial charge in [-0.1, -0.05) is 0 Å². The van der Waals surface area contributed by atoms with E-state index in [1.54, 1.807) is 14.2 Å². The molecule has 0 bridgehead atoms. The van der Waals surface area contributed by atoms with Crippen molar-refractivity contribution < 1.29 is 41.8 Å². The molecule has 0 aliphatic carbocycles. The number of hydrogen-bond acceptors (Lipinski definition) is 9. The fraction of sp³-hybridized carbons (Fsp3) is 0.905. The van der Waals surface area contributed by atoms with Crippen LogP contribution in [0.25, 0.3) is 0 Å². The molecule has 3 fully saturated rings. The van der Waals surface area contributed by atoms with Crippen molar-refractivity contribution in [2.24, 2.45) is 0 Å². The minimum Gasteiger partial charge on any atom is -0.382 e. The molecule has 10 atom stereocenters. The van der Waals surface area contributed by atoms with Crippen LogP contribution in [0.1, 0.15) is 33.1 Å². The van der Waals surface area contributed by atoms with Crippen LogP contribution in [0.5, 0.6) is 0 Å². The van der Waals surface area contributed by atoms with Crippen molar-refractivity contribution in [3.63, 3.8) is 0 Å². The Morgan fingerprint density at radius 2 is 1.34 bits per heavy atom. The van der Waals surface area contributed by atoms with Crippen molar-refractivity contribution in [2.75, 3.05) is 40.6 Å². The summed E-state index contributed by atoms with van der Waals surface area (Å²) in [4.78, 5) is 0. The largest absolute Gasteiger partial charge is 0.423 e. The average Bonchev–Trinajstić information content (AvgIpc) is 3.44. The van der Waals surface area contributed by atoms with Gasteiger partial charge in [0, 0.05) is 40.1 Å². The van der Waals surface area contributed by atoms with Gasteiger partial charge in [0.25, 0.3) is 0 Å². The van der Waals surface area contributed by atoms with E-state index >= 15 is 0 Å². The first-order chi connectivity index (χ1) is 15.4. The minimum atomic E-state index is -1.33. The molecule has 0 aromatic rings. The molecule has 3 heterocycles. The highest BCUT2D eigenvalue weighted by atomic mass is 31.1. The lowest BCUT2D eigenvalue weighted by Crippen LogP contribution is -2.29. The van der Waals surface area contributed by atoms with Gasteiger partial charge in [-0.15, -0.1) is 9.05 Å². The first-order valence-corrected chi connectivity index (χ1v) is 13.9. The van der Waals surface area contributed by atoms with Crippen molar-refractivity contribution in [1.82, 2.24) is 0 Å². The maximum absolute atomic E-state index is 6.10. The fourth-order valence-corrected chi connectivity index (χ4v) is 6.05. The van der Waals surface area contributed by atoms with Gasteiger partial charge in [0.05, 0.1) is 24.9 Å². The molecule has 0 spiro atoms. The molecule has 32 heavy (non-hydrogen) atoms. The third-order valence-electron chi connectivity index (χ3n) is 5.83. The van der Waals surface area contributed by atoms with Crippen LogP contribution in [0.15, 0.2) is 0 Å². The van der Waals surface area contributed by atoms with E-state index in [4.69, 9.17) is 41.8 Å². The predicted molar refractivity (Wildman–Crippen MR) is 125 cm³/mol. The number of ether oxygens (including phenoxy) is 5. The molecule has 3 rings (SSSR count). The molecule has 3 aliphatic rings. The molecule has 11 heteroatoms. The fourth-order valence-electron chi connectivity index (χ4n) is 4.24. The summed E-state index contributed by atoms with van der Waals surface area (Å²) in [6.45, 7) is 5.95. The molecule has 0 amide bonds. The average molecular weight is 496 g/mol. The third-order valence-corrected chi connectivity index (χ3v) is 7.71. The van der Waals surface area contributed by atoms with E-state index in [0.717, 1.165) is 19.3 Å².